The van der Waals surface area contributed by atoms with Gasteiger partial charge in [0.1, 0.15) is 16.6 Å². The van der Waals surface area contributed by atoms with Crippen molar-refractivity contribution >= 4 is 32.5 Å². The lowest BCUT2D eigenvalue weighted by atomic mass is 10.2. The van der Waals surface area contributed by atoms with Crippen LogP contribution in [0.5, 0.6) is 5.75 Å². The van der Waals surface area contributed by atoms with Crippen LogP contribution < -0.4 is 9.46 Å². The largest absolute Gasteiger partial charge is 0.494 e. The van der Waals surface area contributed by atoms with Gasteiger partial charge in [0.15, 0.2) is 0 Å². The highest BCUT2D eigenvalue weighted by Crippen LogP contribution is 2.30. The predicted octanol–water partition coefficient (Wildman–Crippen LogP) is 1.66. The normalized spacial score (nSPS) is 11.8. The molecule has 0 radical (unpaired) electrons. The van der Waals surface area contributed by atoms with Crippen molar-refractivity contribution in [3.63, 3.8) is 0 Å². The van der Waals surface area contributed by atoms with E-state index in [1.165, 1.54) is 19.2 Å². The van der Waals surface area contributed by atoms with Crippen molar-refractivity contribution in [1.82, 2.24) is 19.5 Å². The molecule has 0 fully saturated rings. The summed E-state index contributed by atoms with van der Waals surface area (Å²) in [6, 6.07) is 6.09. The van der Waals surface area contributed by atoms with Gasteiger partial charge < -0.3 is 9.84 Å². The van der Waals surface area contributed by atoms with Crippen molar-refractivity contribution in [3.05, 3.63) is 41.3 Å². The highest BCUT2D eigenvalue weighted by Gasteiger charge is 2.19. The van der Waals surface area contributed by atoms with Crippen molar-refractivity contribution in [1.29, 1.82) is 0 Å². The minimum absolute atomic E-state index is 0.0307. The van der Waals surface area contributed by atoms with Gasteiger partial charge in [-0.15, -0.1) is 0 Å². The molecule has 138 valence electrons. The number of aryl methyl sites for hydroxylation is 1. The molecule has 1 aromatic carbocycles. The molecular weight excluding hydrogens is 380 g/mol. The first-order chi connectivity index (χ1) is 12.4. The van der Waals surface area contributed by atoms with Gasteiger partial charge in [-0.25, -0.2) is 22.8 Å². The quantitative estimate of drug-likeness (QED) is 0.614. The second-order valence-electron chi connectivity index (χ2n) is 5.48. The Bertz CT molecular complexity index is 1070. The van der Waals surface area contributed by atoms with Gasteiger partial charge in [-0.1, -0.05) is 11.6 Å². The molecule has 2 aromatic heterocycles. The fourth-order valence-electron chi connectivity index (χ4n) is 2.58. The van der Waals surface area contributed by atoms with E-state index in [0.29, 0.717) is 22.1 Å². The molecule has 0 aliphatic carbocycles. The molecule has 0 amide bonds. The Kier molecular flexibility index (Phi) is 5.15. The van der Waals surface area contributed by atoms with Gasteiger partial charge in [0.25, 0.3) is 0 Å². The fraction of sp³-hybridized carbons (Fsp3) is 0.250. The van der Waals surface area contributed by atoms with Gasteiger partial charge in [-0.2, -0.15) is 5.10 Å². The van der Waals surface area contributed by atoms with E-state index in [1.807, 2.05) is 6.92 Å². The van der Waals surface area contributed by atoms with E-state index in [9.17, 15) is 8.42 Å². The molecule has 10 heteroatoms. The van der Waals surface area contributed by atoms with E-state index in [1.54, 1.807) is 23.0 Å². The van der Waals surface area contributed by atoms with E-state index in [0.717, 1.165) is 11.1 Å². The number of hydrogen-bond donors (Lipinski definition) is 2. The number of aliphatic hydroxyl groups is 1. The maximum atomic E-state index is 12.4. The van der Waals surface area contributed by atoms with Gasteiger partial charge in [0, 0.05) is 24.2 Å². The summed E-state index contributed by atoms with van der Waals surface area (Å²) in [7, 11) is -2.29. The maximum absolute atomic E-state index is 12.4. The van der Waals surface area contributed by atoms with Crippen LogP contribution in [0.2, 0.25) is 5.15 Å². The Hall–Kier alpha value is -2.20. The highest BCUT2D eigenvalue weighted by molar-refractivity contribution is 7.89. The van der Waals surface area contributed by atoms with E-state index in [2.05, 4.69) is 14.8 Å². The first kappa shape index (κ1) is 18.6. The van der Waals surface area contributed by atoms with Crippen LogP contribution in [-0.2, 0) is 10.0 Å². The Balaban J connectivity index is 2.22. The zero-order valence-electron chi connectivity index (χ0n) is 14.1. The van der Waals surface area contributed by atoms with Crippen molar-refractivity contribution in [2.75, 3.05) is 20.3 Å². The third-order valence-corrected chi connectivity index (χ3v) is 5.47. The summed E-state index contributed by atoms with van der Waals surface area (Å²) in [5.41, 5.74) is 1.84. The number of aromatic nitrogens is 3. The standard InChI is InChI=1S/C16H17ClN4O4S/c1-10-12-9-18-16(17)8-13(12)21(20-10)14-7-11(3-4-15(14)25-2)26(23,24)19-5-6-22/h3-4,7-9,19,22H,5-6H2,1-2H3. The van der Waals surface area contributed by atoms with Crippen molar-refractivity contribution < 1.29 is 18.3 Å². The molecule has 0 atom stereocenters. The Labute approximate surface area is 155 Å². The Morgan fingerprint density at radius 3 is 2.81 bits per heavy atom. The smallest absolute Gasteiger partial charge is 0.240 e. The molecule has 0 aliphatic rings. The lowest BCUT2D eigenvalue weighted by Crippen LogP contribution is -2.26. The van der Waals surface area contributed by atoms with Gasteiger partial charge in [0.2, 0.25) is 10.0 Å². The van der Waals surface area contributed by atoms with Crippen molar-refractivity contribution in [3.8, 4) is 11.4 Å². The lowest BCUT2D eigenvalue weighted by molar-refractivity contribution is 0.301. The van der Waals surface area contributed by atoms with E-state index >= 15 is 0 Å². The third-order valence-electron chi connectivity index (χ3n) is 3.81. The molecule has 0 aliphatic heterocycles. The molecule has 0 saturated heterocycles. The van der Waals surface area contributed by atoms with Crippen LogP contribution in [0.4, 0.5) is 0 Å². The number of methoxy groups -OCH3 is 1. The summed E-state index contributed by atoms with van der Waals surface area (Å²) < 4.78 is 34.0. The summed E-state index contributed by atoms with van der Waals surface area (Å²) in [6.45, 7) is 1.45. The molecule has 26 heavy (non-hydrogen) atoms. The van der Waals surface area contributed by atoms with E-state index in [-0.39, 0.29) is 18.0 Å². The Morgan fingerprint density at radius 1 is 1.35 bits per heavy atom. The molecule has 2 heterocycles. The van der Waals surface area contributed by atoms with Gasteiger partial charge in [-0.05, 0) is 25.1 Å². The van der Waals surface area contributed by atoms with Gasteiger partial charge >= 0.3 is 0 Å². The third kappa shape index (κ3) is 3.38. The van der Waals surface area contributed by atoms with Crippen molar-refractivity contribution in [2.24, 2.45) is 0 Å². The fourth-order valence-corrected chi connectivity index (χ4v) is 3.77. The first-order valence-corrected chi connectivity index (χ1v) is 9.53. The van der Waals surface area contributed by atoms with Crippen LogP contribution in [0.25, 0.3) is 16.6 Å². The predicted molar refractivity (Wildman–Crippen MR) is 97.4 cm³/mol. The number of rotatable bonds is 6. The molecule has 0 unspecified atom stereocenters. The summed E-state index contributed by atoms with van der Waals surface area (Å²) in [4.78, 5) is 4.09. The summed E-state index contributed by atoms with van der Waals surface area (Å²) in [5.74, 6) is 0.448. The minimum atomic E-state index is -3.78. The summed E-state index contributed by atoms with van der Waals surface area (Å²) in [6.07, 6.45) is 1.62. The SMILES string of the molecule is COc1ccc(S(=O)(=O)NCCO)cc1-n1nc(C)c2cnc(Cl)cc21. The Morgan fingerprint density at radius 2 is 2.12 bits per heavy atom. The molecule has 8 nitrogen and oxygen atoms in total. The van der Waals surface area contributed by atoms with Crippen LogP contribution in [0.3, 0.4) is 0 Å². The number of nitrogens with one attached hydrogen (secondary N) is 1. The van der Waals surface area contributed by atoms with Crippen molar-refractivity contribution in [2.45, 2.75) is 11.8 Å². The average molecular weight is 397 g/mol. The minimum Gasteiger partial charge on any atom is -0.494 e. The van der Waals surface area contributed by atoms with Crippen LogP contribution in [-0.4, -0.2) is 48.6 Å². The second-order valence-corrected chi connectivity index (χ2v) is 7.63. The monoisotopic (exact) mass is 396 g/mol. The first-order valence-electron chi connectivity index (χ1n) is 7.67. The molecule has 0 bridgehead atoms. The molecule has 2 N–H and O–H groups in total. The lowest BCUT2D eigenvalue weighted by Gasteiger charge is -2.12. The van der Waals surface area contributed by atoms with Gasteiger partial charge in [-0.3, -0.25) is 0 Å². The van der Waals surface area contributed by atoms with Crippen LogP contribution in [0.1, 0.15) is 5.69 Å². The number of pyridine rings is 1. The zero-order chi connectivity index (χ0) is 18.9. The number of aliphatic hydroxyl groups excluding tert-OH is 1. The number of hydrogen-bond acceptors (Lipinski definition) is 6. The van der Waals surface area contributed by atoms with Crippen LogP contribution in [0, 0.1) is 6.92 Å². The molecule has 3 aromatic rings. The number of ether oxygens (including phenoxy) is 1. The number of benzene rings is 1. The molecule has 3 rings (SSSR count). The number of nitrogens with zero attached hydrogens (tertiary/aromatic N) is 3. The van der Waals surface area contributed by atoms with Crippen LogP contribution >= 0.6 is 11.6 Å². The topological polar surface area (TPSA) is 106 Å². The second kappa shape index (κ2) is 7.20. The average Bonchev–Trinajstić information content (AvgIpc) is 2.95. The summed E-state index contributed by atoms with van der Waals surface area (Å²) >= 11 is 6.01. The number of halogens is 1. The number of fused-ring (bicyclic) bond motifs is 1. The van der Waals surface area contributed by atoms with Crippen LogP contribution in [0.15, 0.2) is 35.4 Å². The molecular formula is C16H17ClN4O4S. The zero-order valence-corrected chi connectivity index (χ0v) is 15.7. The summed E-state index contributed by atoms with van der Waals surface area (Å²) in [5, 5.41) is 14.4. The maximum Gasteiger partial charge on any atom is 0.240 e. The molecule has 0 saturated carbocycles. The van der Waals surface area contributed by atoms with E-state index < -0.39 is 10.0 Å². The highest BCUT2D eigenvalue weighted by atomic mass is 35.5. The van der Waals surface area contributed by atoms with Gasteiger partial charge in [0.05, 0.1) is 29.8 Å². The van der Waals surface area contributed by atoms with E-state index in [4.69, 9.17) is 21.4 Å². The number of sulfonamides is 1. The molecule has 0 spiro atoms.